The molecule has 108 valence electrons. The van der Waals surface area contributed by atoms with Crippen LogP contribution in [0.15, 0.2) is 0 Å². The largest absolute Gasteiger partial charge is 0.395 e. The van der Waals surface area contributed by atoms with Crippen LogP contribution in [0.25, 0.3) is 0 Å². The van der Waals surface area contributed by atoms with Gasteiger partial charge in [0.05, 0.1) is 6.61 Å². The fraction of sp³-hybridized carbons (Fsp3) is 1.00. The summed E-state index contributed by atoms with van der Waals surface area (Å²) in [5.41, 5.74) is 6.48. The van der Waals surface area contributed by atoms with Gasteiger partial charge in [-0.2, -0.15) is 0 Å². The molecule has 3 N–H and O–H groups in total. The summed E-state index contributed by atoms with van der Waals surface area (Å²) >= 11 is 0. The molecular weight excluding hydrogens is 226 g/mol. The summed E-state index contributed by atoms with van der Waals surface area (Å²) in [7, 11) is 6.42. The maximum absolute atomic E-state index is 9.58. The molecule has 1 aliphatic rings. The van der Waals surface area contributed by atoms with E-state index in [2.05, 4.69) is 37.9 Å². The predicted molar refractivity (Wildman–Crippen MR) is 76.7 cm³/mol. The van der Waals surface area contributed by atoms with E-state index in [1.807, 2.05) is 0 Å². The van der Waals surface area contributed by atoms with E-state index in [0.717, 1.165) is 19.4 Å². The Balaban J connectivity index is 2.58. The van der Waals surface area contributed by atoms with Crippen LogP contribution in [-0.2, 0) is 0 Å². The van der Waals surface area contributed by atoms with Crippen LogP contribution < -0.4 is 5.73 Å². The highest BCUT2D eigenvalue weighted by atomic mass is 16.3. The lowest BCUT2D eigenvalue weighted by molar-refractivity contribution is 0.00272. The van der Waals surface area contributed by atoms with Crippen LogP contribution in [0.3, 0.4) is 0 Å². The molecule has 4 heteroatoms. The van der Waals surface area contributed by atoms with Gasteiger partial charge in [0.2, 0.25) is 0 Å². The molecule has 0 aromatic rings. The van der Waals surface area contributed by atoms with Crippen molar-refractivity contribution in [2.45, 2.75) is 56.7 Å². The van der Waals surface area contributed by atoms with Gasteiger partial charge in [0.1, 0.15) is 0 Å². The number of aliphatic hydroxyl groups excluding tert-OH is 1. The Labute approximate surface area is 112 Å². The molecule has 1 saturated carbocycles. The van der Waals surface area contributed by atoms with Crippen molar-refractivity contribution in [3.8, 4) is 0 Å². The molecule has 2 unspecified atom stereocenters. The Hall–Kier alpha value is -0.160. The summed E-state index contributed by atoms with van der Waals surface area (Å²) < 4.78 is 0. The highest BCUT2D eigenvalue weighted by Gasteiger charge is 2.41. The first-order valence-electron chi connectivity index (χ1n) is 7.21. The number of hydrogen-bond donors (Lipinski definition) is 2. The maximum Gasteiger partial charge on any atom is 0.0601 e. The predicted octanol–water partition coefficient (Wildman–Crippen LogP) is 0.891. The summed E-state index contributed by atoms with van der Waals surface area (Å²) in [6.07, 6.45) is 5.88. The molecule has 0 aliphatic heterocycles. The number of rotatable bonds is 8. The molecule has 0 aromatic carbocycles. The second kappa shape index (κ2) is 6.85. The summed E-state index contributed by atoms with van der Waals surface area (Å²) in [6, 6.07) is 0.159. The van der Waals surface area contributed by atoms with E-state index < -0.39 is 0 Å². The molecule has 0 bridgehead atoms. The second-order valence-corrected chi connectivity index (χ2v) is 6.09. The summed E-state index contributed by atoms with van der Waals surface area (Å²) in [5.74, 6) is 0. The number of nitrogens with two attached hydrogens (primary N) is 1. The molecule has 1 fully saturated rings. The fourth-order valence-corrected chi connectivity index (χ4v) is 3.04. The zero-order chi connectivity index (χ0) is 13.8. The van der Waals surface area contributed by atoms with E-state index in [4.69, 9.17) is 5.73 Å². The van der Waals surface area contributed by atoms with Gasteiger partial charge in [-0.3, -0.25) is 4.90 Å². The molecule has 2 atom stereocenters. The monoisotopic (exact) mass is 257 g/mol. The van der Waals surface area contributed by atoms with Crippen molar-refractivity contribution < 1.29 is 5.11 Å². The average molecular weight is 257 g/mol. The van der Waals surface area contributed by atoms with Gasteiger partial charge >= 0.3 is 0 Å². The van der Waals surface area contributed by atoms with Gasteiger partial charge in [-0.1, -0.05) is 13.3 Å². The van der Waals surface area contributed by atoms with Crippen LogP contribution in [0, 0.1) is 0 Å². The van der Waals surface area contributed by atoms with Crippen LogP contribution in [0.2, 0.25) is 0 Å². The normalized spacial score (nSPS) is 22.0. The standard InChI is InChI=1S/C14H31N3O/c1-5-7-12(15)13(10-18)17(4)11-14(16(2)3)8-6-9-14/h12-13,18H,5-11,15H2,1-4H3. The molecule has 0 spiro atoms. The van der Waals surface area contributed by atoms with E-state index in [-0.39, 0.29) is 18.7 Å². The smallest absolute Gasteiger partial charge is 0.0601 e. The van der Waals surface area contributed by atoms with E-state index in [1.54, 1.807) is 0 Å². The zero-order valence-corrected chi connectivity index (χ0v) is 12.5. The van der Waals surface area contributed by atoms with Crippen LogP contribution in [0.4, 0.5) is 0 Å². The van der Waals surface area contributed by atoms with Crippen molar-refractivity contribution in [3.63, 3.8) is 0 Å². The van der Waals surface area contributed by atoms with Gasteiger partial charge in [-0.15, -0.1) is 0 Å². The quantitative estimate of drug-likeness (QED) is 0.678. The van der Waals surface area contributed by atoms with Gasteiger partial charge in [-0.05, 0) is 46.8 Å². The van der Waals surface area contributed by atoms with Gasteiger partial charge in [0.25, 0.3) is 0 Å². The summed E-state index contributed by atoms with van der Waals surface area (Å²) in [5, 5.41) is 9.58. The lowest BCUT2D eigenvalue weighted by Crippen LogP contribution is -2.60. The average Bonchev–Trinajstić information content (AvgIpc) is 2.24. The number of nitrogens with zero attached hydrogens (tertiary/aromatic N) is 2. The highest BCUT2D eigenvalue weighted by molar-refractivity contribution is 4.99. The van der Waals surface area contributed by atoms with Crippen molar-refractivity contribution in [1.29, 1.82) is 0 Å². The van der Waals surface area contributed by atoms with E-state index >= 15 is 0 Å². The van der Waals surface area contributed by atoms with Crippen molar-refractivity contribution >= 4 is 0 Å². The molecule has 1 aliphatic carbocycles. The summed E-state index contributed by atoms with van der Waals surface area (Å²) in [4.78, 5) is 4.60. The molecule has 0 radical (unpaired) electrons. The highest BCUT2D eigenvalue weighted by Crippen LogP contribution is 2.37. The third-order valence-corrected chi connectivity index (χ3v) is 4.65. The molecule has 0 amide bonds. The lowest BCUT2D eigenvalue weighted by Gasteiger charge is -2.50. The first-order valence-corrected chi connectivity index (χ1v) is 7.21. The topological polar surface area (TPSA) is 52.7 Å². The van der Waals surface area contributed by atoms with Crippen LogP contribution in [0.5, 0.6) is 0 Å². The van der Waals surface area contributed by atoms with Crippen LogP contribution in [0.1, 0.15) is 39.0 Å². The third-order valence-electron chi connectivity index (χ3n) is 4.65. The van der Waals surface area contributed by atoms with Gasteiger partial charge < -0.3 is 15.7 Å². The van der Waals surface area contributed by atoms with Crippen LogP contribution >= 0.6 is 0 Å². The Morgan fingerprint density at radius 2 is 1.89 bits per heavy atom. The SMILES string of the molecule is CCCC(N)C(CO)N(C)CC1(N(C)C)CCC1. The Morgan fingerprint density at radius 3 is 2.22 bits per heavy atom. The summed E-state index contributed by atoms with van der Waals surface area (Å²) in [6.45, 7) is 3.30. The van der Waals surface area contributed by atoms with E-state index in [1.165, 1.54) is 19.3 Å². The van der Waals surface area contributed by atoms with E-state index in [9.17, 15) is 5.11 Å². The van der Waals surface area contributed by atoms with Gasteiger partial charge in [0, 0.05) is 24.2 Å². The second-order valence-electron chi connectivity index (χ2n) is 6.09. The maximum atomic E-state index is 9.58. The third kappa shape index (κ3) is 3.44. The van der Waals surface area contributed by atoms with Crippen molar-refractivity contribution in [1.82, 2.24) is 9.80 Å². The lowest BCUT2D eigenvalue weighted by atomic mass is 9.75. The molecule has 0 heterocycles. The Kier molecular flexibility index (Phi) is 6.05. The van der Waals surface area contributed by atoms with Crippen molar-refractivity contribution in [2.75, 3.05) is 34.3 Å². The molecular formula is C14H31N3O. The van der Waals surface area contributed by atoms with Gasteiger partial charge in [0.15, 0.2) is 0 Å². The number of hydrogen-bond acceptors (Lipinski definition) is 4. The minimum atomic E-state index is 0.0734. The minimum absolute atomic E-state index is 0.0734. The molecule has 1 rings (SSSR count). The Morgan fingerprint density at radius 1 is 1.28 bits per heavy atom. The van der Waals surface area contributed by atoms with Crippen molar-refractivity contribution in [3.05, 3.63) is 0 Å². The zero-order valence-electron chi connectivity index (χ0n) is 12.5. The minimum Gasteiger partial charge on any atom is -0.395 e. The Bertz CT molecular complexity index is 241. The van der Waals surface area contributed by atoms with Gasteiger partial charge in [-0.25, -0.2) is 0 Å². The number of likely N-dealkylation sites (N-methyl/N-ethyl adjacent to an activating group) is 2. The number of aliphatic hydroxyl groups is 1. The fourth-order valence-electron chi connectivity index (χ4n) is 3.04. The molecule has 0 aromatic heterocycles. The molecule has 18 heavy (non-hydrogen) atoms. The van der Waals surface area contributed by atoms with Crippen LogP contribution in [-0.4, -0.2) is 66.8 Å². The van der Waals surface area contributed by atoms with Crippen molar-refractivity contribution in [2.24, 2.45) is 5.73 Å². The first-order chi connectivity index (χ1) is 8.46. The first kappa shape index (κ1) is 15.9. The molecule has 4 nitrogen and oxygen atoms in total. The molecule has 0 saturated heterocycles. The van der Waals surface area contributed by atoms with E-state index in [0.29, 0.717) is 5.54 Å².